The van der Waals surface area contributed by atoms with E-state index in [0.29, 0.717) is 24.4 Å². The van der Waals surface area contributed by atoms with E-state index in [-0.39, 0.29) is 5.56 Å². The van der Waals surface area contributed by atoms with Gasteiger partial charge in [0.1, 0.15) is 10.7 Å². The molecule has 0 fully saturated rings. The third-order valence-electron chi connectivity index (χ3n) is 3.85. The van der Waals surface area contributed by atoms with Crippen molar-refractivity contribution >= 4 is 21.6 Å². The Morgan fingerprint density at radius 1 is 1.30 bits per heavy atom. The molecule has 0 amide bonds. The molecule has 1 aromatic carbocycles. The van der Waals surface area contributed by atoms with Crippen molar-refractivity contribution in [3.8, 4) is 11.4 Å². The van der Waals surface area contributed by atoms with Crippen LogP contribution in [0.1, 0.15) is 17.4 Å². The zero-order valence-corrected chi connectivity index (χ0v) is 14.4. The summed E-state index contributed by atoms with van der Waals surface area (Å²) in [7, 11) is 1.64. The first-order valence-electron chi connectivity index (χ1n) is 7.73. The molecule has 0 aliphatic carbocycles. The maximum atomic E-state index is 12.9. The van der Waals surface area contributed by atoms with Gasteiger partial charge in [0.15, 0.2) is 0 Å². The Kier molecular flexibility index (Phi) is 4.59. The Morgan fingerprint density at radius 3 is 2.83 bits per heavy atom. The lowest BCUT2D eigenvalue weighted by Crippen LogP contribution is -2.24. The fourth-order valence-electron chi connectivity index (χ4n) is 2.63. The van der Waals surface area contributed by atoms with Gasteiger partial charge in [-0.15, -0.1) is 11.3 Å². The molecule has 2 aromatic heterocycles. The molecular formula is C18H20N2O2S. The van der Waals surface area contributed by atoms with Crippen molar-refractivity contribution in [1.82, 2.24) is 9.55 Å². The molecule has 0 aliphatic heterocycles. The Labute approximate surface area is 139 Å². The van der Waals surface area contributed by atoms with Gasteiger partial charge in [-0.3, -0.25) is 9.36 Å². The van der Waals surface area contributed by atoms with Crippen LogP contribution in [0.15, 0.2) is 35.1 Å². The van der Waals surface area contributed by atoms with Gasteiger partial charge >= 0.3 is 0 Å². The van der Waals surface area contributed by atoms with Gasteiger partial charge in [-0.05, 0) is 25.5 Å². The number of nitrogens with zero attached hydrogens (tertiary/aromatic N) is 2. The molecule has 0 radical (unpaired) electrons. The van der Waals surface area contributed by atoms with Crippen LogP contribution < -0.4 is 5.56 Å². The monoisotopic (exact) mass is 328 g/mol. The van der Waals surface area contributed by atoms with Crippen LogP contribution in [0.25, 0.3) is 21.6 Å². The summed E-state index contributed by atoms with van der Waals surface area (Å²) in [6, 6.07) is 10.1. The van der Waals surface area contributed by atoms with Crippen molar-refractivity contribution in [3.05, 3.63) is 51.1 Å². The molecule has 120 valence electrons. The number of hydrogen-bond donors (Lipinski definition) is 0. The summed E-state index contributed by atoms with van der Waals surface area (Å²) in [6.07, 6.45) is 0.915. The number of hydrogen-bond acceptors (Lipinski definition) is 4. The number of benzene rings is 1. The van der Waals surface area contributed by atoms with Crippen LogP contribution in [0.5, 0.6) is 0 Å². The van der Waals surface area contributed by atoms with Crippen molar-refractivity contribution in [2.75, 3.05) is 13.7 Å². The highest BCUT2D eigenvalue weighted by atomic mass is 32.1. The third-order valence-corrected chi connectivity index (χ3v) is 5.02. The number of aromatic nitrogens is 2. The van der Waals surface area contributed by atoms with Crippen molar-refractivity contribution < 1.29 is 4.74 Å². The molecule has 0 bridgehead atoms. The van der Waals surface area contributed by atoms with E-state index in [1.807, 2.05) is 31.2 Å². The predicted octanol–water partition coefficient (Wildman–Crippen LogP) is 3.64. The Balaban J connectivity index is 2.27. The minimum absolute atomic E-state index is 0.0134. The summed E-state index contributed by atoms with van der Waals surface area (Å²) >= 11 is 1.60. The average molecular weight is 328 g/mol. The minimum atomic E-state index is 0.0134. The second kappa shape index (κ2) is 6.64. The highest BCUT2D eigenvalue weighted by molar-refractivity contribution is 7.18. The van der Waals surface area contributed by atoms with E-state index < -0.39 is 0 Å². The number of aryl methyl sites for hydroxylation is 2. The first kappa shape index (κ1) is 15.9. The molecule has 4 nitrogen and oxygen atoms in total. The molecule has 5 heteroatoms. The highest BCUT2D eigenvalue weighted by Crippen LogP contribution is 2.25. The second-order valence-electron chi connectivity index (χ2n) is 5.54. The molecule has 0 N–H and O–H groups in total. The van der Waals surface area contributed by atoms with Gasteiger partial charge in [0, 0.05) is 17.6 Å². The van der Waals surface area contributed by atoms with Crippen LogP contribution in [-0.4, -0.2) is 23.3 Å². The molecule has 0 atom stereocenters. The van der Waals surface area contributed by atoms with Gasteiger partial charge in [-0.25, -0.2) is 4.98 Å². The molecule has 0 saturated carbocycles. The number of ether oxygens (including phenoxy) is 1. The fraction of sp³-hybridized carbons (Fsp3) is 0.333. The molecule has 23 heavy (non-hydrogen) atoms. The fourth-order valence-corrected chi connectivity index (χ4v) is 3.59. The molecule has 0 unspecified atom stereocenters. The van der Waals surface area contributed by atoms with Crippen molar-refractivity contribution in [1.29, 1.82) is 0 Å². The Hall–Kier alpha value is -1.98. The smallest absolute Gasteiger partial charge is 0.262 e. The zero-order chi connectivity index (χ0) is 16.4. The van der Waals surface area contributed by atoms with E-state index in [1.165, 1.54) is 4.88 Å². The normalized spacial score (nSPS) is 11.3. The number of thiophene rings is 1. The lowest BCUT2D eigenvalue weighted by atomic mass is 10.1. The largest absolute Gasteiger partial charge is 0.383 e. The van der Waals surface area contributed by atoms with Crippen LogP contribution in [-0.2, 0) is 17.7 Å². The standard InChI is InChI=1S/C18H20N2O2S/c1-4-14-11-15-17(23-14)19-16(13-7-5-6-12(2)10-13)20(18(15)21)8-9-22-3/h5-7,10-11H,4,8-9H2,1-3H3. The second-order valence-corrected chi connectivity index (χ2v) is 6.65. The van der Waals surface area contributed by atoms with Crippen molar-refractivity contribution in [2.45, 2.75) is 26.8 Å². The van der Waals surface area contributed by atoms with E-state index in [2.05, 4.69) is 13.0 Å². The van der Waals surface area contributed by atoms with Gasteiger partial charge < -0.3 is 4.74 Å². The van der Waals surface area contributed by atoms with E-state index in [0.717, 1.165) is 22.4 Å². The third kappa shape index (κ3) is 3.07. The van der Waals surface area contributed by atoms with Gasteiger partial charge in [0.25, 0.3) is 5.56 Å². The maximum absolute atomic E-state index is 12.9. The van der Waals surface area contributed by atoms with Crippen molar-refractivity contribution in [2.24, 2.45) is 0 Å². The lowest BCUT2D eigenvalue weighted by Gasteiger charge is -2.12. The van der Waals surface area contributed by atoms with Crippen LogP contribution >= 0.6 is 11.3 Å². The first-order chi connectivity index (χ1) is 11.1. The first-order valence-corrected chi connectivity index (χ1v) is 8.55. The van der Waals surface area contributed by atoms with E-state index >= 15 is 0 Å². The van der Waals surface area contributed by atoms with Gasteiger partial charge in [0.2, 0.25) is 0 Å². The van der Waals surface area contributed by atoms with Gasteiger partial charge in [-0.2, -0.15) is 0 Å². The number of methoxy groups -OCH3 is 1. The molecule has 3 rings (SSSR count). The number of fused-ring (bicyclic) bond motifs is 1. The molecule has 0 saturated heterocycles. The lowest BCUT2D eigenvalue weighted by molar-refractivity contribution is 0.186. The van der Waals surface area contributed by atoms with Crippen LogP contribution in [0.4, 0.5) is 0 Å². The van der Waals surface area contributed by atoms with E-state index in [9.17, 15) is 4.79 Å². The maximum Gasteiger partial charge on any atom is 0.262 e. The van der Waals surface area contributed by atoms with E-state index in [4.69, 9.17) is 9.72 Å². The zero-order valence-electron chi connectivity index (χ0n) is 13.6. The van der Waals surface area contributed by atoms with Crippen molar-refractivity contribution in [3.63, 3.8) is 0 Å². The topological polar surface area (TPSA) is 44.1 Å². The summed E-state index contributed by atoms with van der Waals surface area (Å²) in [5, 5.41) is 0.708. The molecular weight excluding hydrogens is 308 g/mol. The molecule has 0 spiro atoms. The average Bonchev–Trinajstić information content (AvgIpc) is 2.97. The summed E-state index contributed by atoms with van der Waals surface area (Å²) in [5.41, 5.74) is 2.13. The minimum Gasteiger partial charge on any atom is -0.383 e. The summed E-state index contributed by atoms with van der Waals surface area (Å²) < 4.78 is 6.90. The Bertz CT molecular complexity index is 896. The van der Waals surface area contributed by atoms with Gasteiger partial charge in [-0.1, -0.05) is 30.7 Å². The number of rotatable bonds is 5. The summed E-state index contributed by atoms with van der Waals surface area (Å²) in [5.74, 6) is 0.716. The quantitative estimate of drug-likeness (QED) is 0.718. The summed E-state index contributed by atoms with van der Waals surface area (Å²) in [6.45, 7) is 5.12. The van der Waals surface area contributed by atoms with Crippen LogP contribution in [0.3, 0.4) is 0 Å². The summed E-state index contributed by atoms with van der Waals surface area (Å²) in [4.78, 5) is 19.7. The van der Waals surface area contributed by atoms with E-state index in [1.54, 1.807) is 23.0 Å². The predicted molar refractivity (Wildman–Crippen MR) is 95.3 cm³/mol. The van der Waals surface area contributed by atoms with Crippen LogP contribution in [0, 0.1) is 6.92 Å². The molecule has 2 heterocycles. The highest BCUT2D eigenvalue weighted by Gasteiger charge is 2.15. The van der Waals surface area contributed by atoms with Crippen LogP contribution in [0.2, 0.25) is 0 Å². The SMILES string of the molecule is CCc1cc2c(=O)n(CCOC)c(-c3cccc(C)c3)nc2s1. The molecule has 0 aliphatic rings. The Morgan fingerprint density at radius 2 is 2.13 bits per heavy atom. The van der Waals surface area contributed by atoms with Gasteiger partial charge in [0.05, 0.1) is 18.5 Å². The molecule has 3 aromatic rings.